The Morgan fingerprint density at radius 2 is 1.62 bits per heavy atom. The maximum atomic E-state index is 12.0. The first-order valence-corrected chi connectivity index (χ1v) is 6.39. The van der Waals surface area contributed by atoms with Crippen molar-refractivity contribution in [2.45, 2.75) is 13.8 Å². The predicted octanol–water partition coefficient (Wildman–Crippen LogP) is 1.70. The van der Waals surface area contributed by atoms with Crippen molar-refractivity contribution in [1.29, 1.82) is 0 Å². The van der Waals surface area contributed by atoms with Gasteiger partial charge in [0.25, 0.3) is 0 Å². The second-order valence-corrected chi connectivity index (χ2v) is 3.73. The molecule has 0 fully saturated rings. The monoisotopic (exact) mass is 292 g/mol. The van der Waals surface area contributed by atoms with Crippen LogP contribution in [0.2, 0.25) is 0 Å². The van der Waals surface area contributed by atoms with Crippen LogP contribution in [0.15, 0.2) is 36.1 Å². The minimum absolute atomic E-state index is 0.00000685. The highest BCUT2D eigenvalue weighted by Crippen LogP contribution is 2.22. The van der Waals surface area contributed by atoms with Gasteiger partial charge in [-0.25, -0.2) is 9.59 Å². The van der Waals surface area contributed by atoms with Gasteiger partial charge in [0.1, 0.15) is 5.57 Å². The van der Waals surface area contributed by atoms with Gasteiger partial charge in [0.15, 0.2) is 0 Å². The molecule has 0 saturated carbocycles. The van der Waals surface area contributed by atoms with Crippen molar-refractivity contribution in [3.05, 3.63) is 41.7 Å². The molecule has 1 aromatic carbocycles. The largest absolute Gasteiger partial charge is 0.486 e. The highest BCUT2D eigenvalue weighted by molar-refractivity contribution is 6.23. The molecule has 0 unspecified atom stereocenters. The van der Waals surface area contributed by atoms with Crippen molar-refractivity contribution in [2.24, 2.45) is 0 Å². The Labute approximate surface area is 122 Å². The summed E-state index contributed by atoms with van der Waals surface area (Å²) in [7, 11) is 0. The Morgan fingerprint density at radius 1 is 1.00 bits per heavy atom. The standard InChI is InChI=1S/C15H16O6/c1-3-19-13(15(18)20-4-2)12(14(17)21-10-16)11-8-6-5-7-9-11/h5-10H,3-4H2,1-2H3/b13-12-. The lowest BCUT2D eigenvalue weighted by Crippen LogP contribution is -2.18. The van der Waals surface area contributed by atoms with E-state index >= 15 is 0 Å². The molecule has 21 heavy (non-hydrogen) atoms. The van der Waals surface area contributed by atoms with E-state index in [9.17, 15) is 14.4 Å². The molecule has 1 rings (SSSR count). The Morgan fingerprint density at radius 3 is 2.14 bits per heavy atom. The van der Waals surface area contributed by atoms with Crippen molar-refractivity contribution >= 4 is 24.0 Å². The molecular weight excluding hydrogens is 276 g/mol. The summed E-state index contributed by atoms with van der Waals surface area (Å²) in [5, 5.41) is 0. The van der Waals surface area contributed by atoms with E-state index in [2.05, 4.69) is 4.74 Å². The van der Waals surface area contributed by atoms with E-state index in [0.717, 1.165) is 0 Å². The summed E-state index contributed by atoms with van der Waals surface area (Å²) < 4.78 is 14.4. The molecule has 0 amide bonds. The number of ether oxygens (including phenoxy) is 3. The highest BCUT2D eigenvalue weighted by atomic mass is 16.6. The second kappa shape index (κ2) is 8.52. The fourth-order valence-electron chi connectivity index (χ4n) is 1.62. The average Bonchev–Trinajstić information content (AvgIpc) is 2.48. The van der Waals surface area contributed by atoms with Crippen LogP contribution in [0.5, 0.6) is 0 Å². The lowest BCUT2D eigenvalue weighted by molar-refractivity contribution is -0.148. The number of hydrogen-bond donors (Lipinski definition) is 0. The normalized spacial score (nSPS) is 11.1. The van der Waals surface area contributed by atoms with Gasteiger partial charge < -0.3 is 14.2 Å². The lowest BCUT2D eigenvalue weighted by atomic mass is 10.0. The molecule has 0 saturated heterocycles. The Balaban J connectivity index is 3.41. The summed E-state index contributed by atoms with van der Waals surface area (Å²) in [4.78, 5) is 34.3. The first-order chi connectivity index (χ1) is 10.2. The molecule has 0 atom stereocenters. The Kier molecular flexibility index (Phi) is 6.67. The number of benzene rings is 1. The van der Waals surface area contributed by atoms with Gasteiger partial charge in [-0.15, -0.1) is 0 Å². The van der Waals surface area contributed by atoms with Gasteiger partial charge in [0.05, 0.1) is 13.2 Å². The third kappa shape index (κ3) is 4.45. The predicted molar refractivity (Wildman–Crippen MR) is 73.8 cm³/mol. The molecule has 0 radical (unpaired) electrons. The van der Waals surface area contributed by atoms with Crippen LogP contribution >= 0.6 is 0 Å². The van der Waals surface area contributed by atoms with Crippen LogP contribution in [0.25, 0.3) is 5.57 Å². The van der Waals surface area contributed by atoms with Crippen LogP contribution in [0.4, 0.5) is 0 Å². The van der Waals surface area contributed by atoms with E-state index in [0.29, 0.717) is 5.56 Å². The topological polar surface area (TPSA) is 78.9 Å². The number of rotatable bonds is 7. The molecule has 0 bridgehead atoms. The molecule has 0 aromatic heterocycles. The van der Waals surface area contributed by atoms with E-state index in [1.807, 2.05) is 0 Å². The van der Waals surface area contributed by atoms with Gasteiger partial charge in [-0.1, -0.05) is 30.3 Å². The van der Waals surface area contributed by atoms with Crippen LogP contribution in [0.1, 0.15) is 19.4 Å². The maximum absolute atomic E-state index is 12.0. The average molecular weight is 292 g/mol. The fraction of sp³-hybridized carbons (Fsp3) is 0.267. The molecule has 0 spiro atoms. The third-order valence-corrected chi connectivity index (χ3v) is 2.40. The van der Waals surface area contributed by atoms with Crippen LogP contribution in [-0.2, 0) is 28.6 Å². The zero-order valence-corrected chi connectivity index (χ0v) is 11.8. The van der Waals surface area contributed by atoms with Gasteiger partial charge in [-0.05, 0) is 19.4 Å². The van der Waals surface area contributed by atoms with Crippen molar-refractivity contribution < 1.29 is 28.6 Å². The van der Waals surface area contributed by atoms with Crippen molar-refractivity contribution in [3.8, 4) is 0 Å². The summed E-state index contributed by atoms with van der Waals surface area (Å²) in [5.41, 5.74) is 0.240. The van der Waals surface area contributed by atoms with E-state index < -0.39 is 11.9 Å². The molecule has 1 aromatic rings. The summed E-state index contributed by atoms with van der Waals surface area (Å²) >= 11 is 0. The van der Waals surface area contributed by atoms with Gasteiger partial charge in [0, 0.05) is 0 Å². The van der Waals surface area contributed by atoms with Gasteiger partial charge in [-0.3, -0.25) is 4.79 Å². The van der Waals surface area contributed by atoms with Crippen LogP contribution < -0.4 is 0 Å². The van der Waals surface area contributed by atoms with Gasteiger partial charge >= 0.3 is 18.4 Å². The zero-order valence-electron chi connectivity index (χ0n) is 11.8. The summed E-state index contributed by atoms with van der Waals surface area (Å²) in [6, 6.07) is 8.30. The second-order valence-electron chi connectivity index (χ2n) is 3.73. The van der Waals surface area contributed by atoms with Crippen LogP contribution in [-0.4, -0.2) is 31.6 Å². The molecule has 0 aliphatic heterocycles. The lowest BCUT2D eigenvalue weighted by Gasteiger charge is -2.13. The molecule has 112 valence electrons. The Hall–Kier alpha value is -2.63. The maximum Gasteiger partial charge on any atom is 0.374 e. The van der Waals surface area contributed by atoms with Gasteiger partial charge in [0.2, 0.25) is 5.76 Å². The smallest absolute Gasteiger partial charge is 0.374 e. The number of carbonyl (C=O) groups is 3. The summed E-state index contributed by atoms with van der Waals surface area (Å²) in [6.07, 6.45) is 0. The number of hydrogen-bond acceptors (Lipinski definition) is 6. The van der Waals surface area contributed by atoms with Crippen molar-refractivity contribution in [1.82, 2.24) is 0 Å². The molecule has 0 N–H and O–H groups in total. The van der Waals surface area contributed by atoms with Crippen LogP contribution in [0.3, 0.4) is 0 Å². The van der Waals surface area contributed by atoms with Gasteiger partial charge in [-0.2, -0.15) is 0 Å². The minimum atomic E-state index is -0.979. The summed E-state index contributed by atoms with van der Waals surface area (Å²) in [6.45, 7) is 3.57. The fourth-order valence-corrected chi connectivity index (χ4v) is 1.62. The van der Waals surface area contributed by atoms with E-state index in [1.54, 1.807) is 44.2 Å². The van der Waals surface area contributed by atoms with Crippen LogP contribution in [0, 0.1) is 0 Å². The zero-order chi connectivity index (χ0) is 15.7. The molecule has 0 heterocycles. The number of esters is 2. The van der Waals surface area contributed by atoms with Crippen molar-refractivity contribution in [3.63, 3.8) is 0 Å². The molecule has 6 nitrogen and oxygen atoms in total. The first kappa shape index (κ1) is 16.4. The third-order valence-electron chi connectivity index (χ3n) is 2.40. The van der Waals surface area contributed by atoms with E-state index in [-0.39, 0.29) is 31.0 Å². The Bertz CT molecular complexity index is 532. The summed E-state index contributed by atoms with van der Waals surface area (Å²) in [5.74, 6) is -2.05. The minimum Gasteiger partial charge on any atom is -0.486 e. The van der Waals surface area contributed by atoms with E-state index in [1.165, 1.54) is 0 Å². The quantitative estimate of drug-likeness (QED) is 0.250. The molecule has 6 heteroatoms. The molecular formula is C15H16O6. The van der Waals surface area contributed by atoms with E-state index in [4.69, 9.17) is 9.47 Å². The first-order valence-electron chi connectivity index (χ1n) is 6.39. The molecule has 0 aliphatic carbocycles. The SMILES string of the molecule is CCOC(=O)/C(OCC)=C(/C(=O)OC=O)c1ccccc1. The van der Waals surface area contributed by atoms with Crippen molar-refractivity contribution in [2.75, 3.05) is 13.2 Å². The molecule has 0 aliphatic rings. The highest BCUT2D eigenvalue weighted by Gasteiger charge is 2.26. The number of carbonyl (C=O) groups excluding carboxylic acids is 3.